The summed E-state index contributed by atoms with van der Waals surface area (Å²) < 4.78 is 6.15. The van der Waals surface area contributed by atoms with E-state index in [1.54, 1.807) is 32.7 Å². The van der Waals surface area contributed by atoms with E-state index in [9.17, 15) is 9.59 Å². The van der Waals surface area contributed by atoms with Crippen LogP contribution in [0.3, 0.4) is 0 Å². The minimum atomic E-state index is -0.617. The fourth-order valence-electron chi connectivity index (χ4n) is 4.13. The van der Waals surface area contributed by atoms with Crippen LogP contribution in [-0.2, 0) is 16.1 Å². The van der Waals surface area contributed by atoms with Crippen LogP contribution < -0.4 is 15.1 Å². The van der Waals surface area contributed by atoms with E-state index in [0.717, 1.165) is 53.2 Å². The Bertz CT molecular complexity index is 1270. The quantitative estimate of drug-likeness (QED) is 0.435. The zero-order valence-corrected chi connectivity index (χ0v) is 24.3. The highest BCUT2D eigenvalue weighted by molar-refractivity contribution is 9.10. The molecule has 0 atom stereocenters. The van der Waals surface area contributed by atoms with Crippen molar-refractivity contribution in [2.24, 2.45) is 0 Å². The number of benzene rings is 1. The van der Waals surface area contributed by atoms with E-state index in [1.807, 2.05) is 55.0 Å². The van der Waals surface area contributed by atoms with Crippen LogP contribution in [0.4, 0.5) is 16.6 Å². The van der Waals surface area contributed by atoms with Crippen molar-refractivity contribution in [1.82, 2.24) is 25.2 Å². The lowest BCUT2D eigenvalue weighted by Gasteiger charge is -2.35. The maximum absolute atomic E-state index is 12.5. The number of anilines is 2. The van der Waals surface area contributed by atoms with E-state index in [2.05, 4.69) is 46.0 Å². The van der Waals surface area contributed by atoms with Crippen molar-refractivity contribution < 1.29 is 14.3 Å². The largest absolute Gasteiger partial charge is 0.444 e. The molecule has 0 bridgehead atoms. The van der Waals surface area contributed by atoms with Crippen molar-refractivity contribution in [2.45, 2.75) is 32.9 Å². The van der Waals surface area contributed by atoms with E-state index < -0.39 is 11.7 Å². The standard InChI is InChI=1S/C28H34BrN7O3/c1-28(2,3)39-27(38)33-18-25(37)34(4)19-20-6-5-7-21(14-20)22-15-31-26(32-16-22)36-12-10-35(11-13-36)24-9-8-23(29)17-30-24/h5-9,14-17H,10-13,18-19H2,1-4H3,(H,33,38). The maximum Gasteiger partial charge on any atom is 0.408 e. The number of alkyl carbamates (subject to hydrolysis) is 1. The van der Waals surface area contributed by atoms with Crippen molar-refractivity contribution in [3.05, 3.63) is 65.0 Å². The molecule has 0 unspecified atom stereocenters. The lowest BCUT2D eigenvalue weighted by Crippen LogP contribution is -2.47. The minimum absolute atomic E-state index is 0.131. The summed E-state index contributed by atoms with van der Waals surface area (Å²) >= 11 is 3.43. The zero-order valence-electron chi connectivity index (χ0n) is 22.7. The van der Waals surface area contributed by atoms with Gasteiger partial charge in [0.15, 0.2) is 0 Å². The highest BCUT2D eigenvalue weighted by atomic mass is 79.9. The molecule has 0 radical (unpaired) electrons. The molecule has 39 heavy (non-hydrogen) atoms. The molecular weight excluding hydrogens is 562 g/mol. The van der Waals surface area contributed by atoms with Gasteiger partial charge in [-0.05, 0) is 66.0 Å². The Morgan fingerprint density at radius 3 is 2.31 bits per heavy atom. The summed E-state index contributed by atoms with van der Waals surface area (Å²) in [5.74, 6) is 1.47. The number of rotatable bonds is 7. The van der Waals surface area contributed by atoms with Gasteiger partial charge in [-0.15, -0.1) is 0 Å². The molecule has 1 aliphatic rings. The van der Waals surface area contributed by atoms with Crippen molar-refractivity contribution >= 4 is 39.7 Å². The summed E-state index contributed by atoms with van der Waals surface area (Å²) in [5, 5.41) is 2.51. The van der Waals surface area contributed by atoms with Gasteiger partial charge >= 0.3 is 6.09 Å². The van der Waals surface area contributed by atoms with Crippen LogP contribution in [0.2, 0.25) is 0 Å². The Labute approximate surface area is 237 Å². The van der Waals surface area contributed by atoms with E-state index in [0.29, 0.717) is 12.5 Å². The van der Waals surface area contributed by atoms with Crippen LogP contribution in [0.5, 0.6) is 0 Å². The fourth-order valence-corrected chi connectivity index (χ4v) is 4.37. The molecule has 1 N–H and O–H groups in total. The predicted molar refractivity (Wildman–Crippen MR) is 155 cm³/mol. The van der Waals surface area contributed by atoms with E-state index in [4.69, 9.17) is 4.74 Å². The first-order chi connectivity index (χ1) is 18.6. The third kappa shape index (κ3) is 8.13. The van der Waals surface area contributed by atoms with E-state index in [-0.39, 0.29) is 12.5 Å². The molecule has 2 amide bonds. The van der Waals surface area contributed by atoms with Crippen molar-refractivity contribution in [1.29, 1.82) is 0 Å². The van der Waals surface area contributed by atoms with Gasteiger partial charge in [-0.25, -0.2) is 19.7 Å². The number of amides is 2. The normalized spacial score (nSPS) is 13.7. The zero-order chi connectivity index (χ0) is 28.0. The molecule has 0 aliphatic carbocycles. The number of hydrogen-bond donors (Lipinski definition) is 1. The predicted octanol–water partition coefficient (Wildman–Crippen LogP) is 4.11. The number of halogens is 1. The van der Waals surface area contributed by atoms with Gasteiger partial charge in [-0.1, -0.05) is 18.2 Å². The van der Waals surface area contributed by atoms with Gasteiger partial charge in [-0.3, -0.25) is 4.79 Å². The molecule has 0 spiro atoms. The number of nitrogens with zero attached hydrogens (tertiary/aromatic N) is 6. The average molecular weight is 597 g/mol. The Kier molecular flexibility index (Phi) is 9.01. The summed E-state index contributed by atoms with van der Waals surface area (Å²) in [6.07, 6.45) is 4.88. The molecule has 1 fully saturated rings. The molecule has 3 heterocycles. The first-order valence-corrected chi connectivity index (χ1v) is 13.6. The Morgan fingerprint density at radius 1 is 0.974 bits per heavy atom. The molecule has 11 heteroatoms. The van der Waals surface area contributed by atoms with Gasteiger partial charge in [0, 0.05) is 68.4 Å². The molecule has 3 aromatic rings. The molecule has 0 saturated carbocycles. The summed E-state index contributed by atoms with van der Waals surface area (Å²) in [4.78, 5) is 44.1. The summed E-state index contributed by atoms with van der Waals surface area (Å²) in [6, 6.07) is 12.0. The first kappa shape index (κ1) is 28.3. The molecule has 206 valence electrons. The molecular formula is C28H34BrN7O3. The third-order valence-corrected chi connectivity index (χ3v) is 6.59. The molecule has 10 nitrogen and oxygen atoms in total. The number of hydrogen-bond acceptors (Lipinski definition) is 8. The highest BCUT2D eigenvalue weighted by Crippen LogP contribution is 2.22. The fraction of sp³-hybridized carbons (Fsp3) is 0.393. The van der Waals surface area contributed by atoms with Gasteiger partial charge in [0.05, 0.1) is 0 Å². The van der Waals surface area contributed by atoms with Crippen molar-refractivity contribution in [3.63, 3.8) is 0 Å². The smallest absolute Gasteiger partial charge is 0.408 e. The summed E-state index contributed by atoms with van der Waals surface area (Å²) in [5.41, 5.74) is 2.22. The Hall–Kier alpha value is -3.73. The lowest BCUT2D eigenvalue weighted by molar-refractivity contribution is -0.129. The van der Waals surface area contributed by atoms with Gasteiger partial charge in [0.25, 0.3) is 0 Å². The van der Waals surface area contributed by atoms with E-state index >= 15 is 0 Å². The second kappa shape index (κ2) is 12.4. The number of carbonyl (C=O) groups excluding carboxylic acids is 2. The SMILES string of the molecule is CN(Cc1cccc(-c2cnc(N3CCN(c4ccc(Br)cn4)CC3)nc2)c1)C(=O)CNC(=O)OC(C)(C)C. The number of aromatic nitrogens is 3. The van der Waals surface area contributed by atoms with Crippen LogP contribution >= 0.6 is 15.9 Å². The number of carbonyl (C=O) groups is 2. The van der Waals surface area contributed by atoms with Crippen LogP contribution in [0, 0.1) is 0 Å². The number of ether oxygens (including phenoxy) is 1. The Balaban J connectivity index is 1.30. The summed E-state index contributed by atoms with van der Waals surface area (Å²) in [7, 11) is 1.70. The Morgan fingerprint density at radius 2 is 1.67 bits per heavy atom. The average Bonchev–Trinajstić information content (AvgIpc) is 2.91. The highest BCUT2D eigenvalue weighted by Gasteiger charge is 2.20. The van der Waals surface area contributed by atoms with Gasteiger partial charge in [-0.2, -0.15) is 0 Å². The topological polar surface area (TPSA) is 104 Å². The second-order valence-electron chi connectivity index (χ2n) is 10.4. The third-order valence-electron chi connectivity index (χ3n) is 6.13. The van der Waals surface area contributed by atoms with E-state index in [1.165, 1.54) is 0 Å². The molecule has 1 saturated heterocycles. The van der Waals surface area contributed by atoms with Crippen LogP contribution in [0.1, 0.15) is 26.3 Å². The number of likely N-dealkylation sites (N-methyl/N-ethyl adjacent to an activating group) is 1. The molecule has 1 aliphatic heterocycles. The molecule has 2 aromatic heterocycles. The van der Waals surface area contributed by atoms with Crippen LogP contribution in [0.15, 0.2) is 59.5 Å². The van der Waals surface area contributed by atoms with Crippen LogP contribution in [-0.4, -0.2) is 77.2 Å². The van der Waals surface area contributed by atoms with Crippen LogP contribution in [0.25, 0.3) is 11.1 Å². The number of piperazine rings is 1. The second-order valence-corrected chi connectivity index (χ2v) is 11.3. The van der Waals surface area contributed by atoms with Gasteiger partial charge in [0.1, 0.15) is 18.0 Å². The number of pyridine rings is 1. The lowest BCUT2D eigenvalue weighted by atomic mass is 10.1. The first-order valence-electron chi connectivity index (χ1n) is 12.8. The van der Waals surface area contributed by atoms with Crippen molar-refractivity contribution in [2.75, 3.05) is 49.6 Å². The molecule has 1 aromatic carbocycles. The van der Waals surface area contributed by atoms with Crippen molar-refractivity contribution in [3.8, 4) is 11.1 Å². The maximum atomic E-state index is 12.5. The molecule has 4 rings (SSSR count). The van der Waals surface area contributed by atoms with Gasteiger partial charge < -0.3 is 24.8 Å². The minimum Gasteiger partial charge on any atom is -0.444 e. The van der Waals surface area contributed by atoms with Gasteiger partial charge in [0.2, 0.25) is 11.9 Å². The summed E-state index contributed by atoms with van der Waals surface area (Å²) in [6.45, 7) is 8.92. The monoisotopic (exact) mass is 595 g/mol. The number of nitrogens with one attached hydrogen (secondary N) is 1.